The number of hydrogen-bond acceptors (Lipinski definition) is 3. The van der Waals surface area contributed by atoms with E-state index in [-0.39, 0.29) is 4.90 Å². The van der Waals surface area contributed by atoms with Gasteiger partial charge in [-0.1, -0.05) is 23.7 Å². The smallest absolute Gasteiger partial charge is 0.264 e. The Kier molecular flexibility index (Phi) is 4.20. The van der Waals surface area contributed by atoms with Crippen molar-refractivity contribution in [2.24, 2.45) is 0 Å². The van der Waals surface area contributed by atoms with E-state index >= 15 is 0 Å². The maximum Gasteiger partial charge on any atom is 0.264 e. The highest BCUT2D eigenvalue weighted by Gasteiger charge is 2.22. The summed E-state index contributed by atoms with van der Waals surface area (Å²) in [6.07, 6.45) is 0. The summed E-state index contributed by atoms with van der Waals surface area (Å²) >= 11 is 6.03. The highest BCUT2D eigenvalue weighted by Crippen LogP contribution is 2.29. The van der Waals surface area contributed by atoms with Crippen LogP contribution in [0.5, 0.6) is 5.75 Å². The molecule has 0 N–H and O–H groups in total. The Bertz CT molecular complexity index is 699. The lowest BCUT2D eigenvalue weighted by atomic mass is 10.3. The van der Waals surface area contributed by atoms with Crippen LogP contribution in [0.1, 0.15) is 0 Å². The van der Waals surface area contributed by atoms with E-state index in [1.165, 1.54) is 26.3 Å². The Morgan fingerprint density at radius 1 is 1.05 bits per heavy atom. The largest absolute Gasteiger partial charge is 0.497 e. The van der Waals surface area contributed by atoms with Gasteiger partial charge in [-0.15, -0.1) is 0 Å². The van der Waals surface area contributed by atoms with Crippen molar-refractivity contribution in [3.05, 3.63) is 53.6 Å². The molecule has 0 aliphatic carbocycles. The second-order valence-corrected chi connectivity index (χ2v) is 6.48. The van der Waals surface area contributed by atoms with E-state index in [1.807, 2.05) is 0 Å². The lowest BCUT2D eigenvalue weighted by Gasteiger charge is -2.20. The van der Waals surface area contributed by atoms with Crippen molar-refractivity contribution in [2.75, 3.05) is 18.5 Å². The predicted molar refractivity (Wildman–Crippen MR) is 80.0 cm³/mol. The van der Waals surface area contributed by atoms with Gasteiger partial charge in [-0.25, -0.2) is 8.42 Å². The first kappa shape index (κ1) is 14.7. The molecule has 0 amide bonds. The van der Waals surface area contributed by atoms with E-state index in [2.05, 4.69) is 0 Å². The molecule has 106 valence electrons. The van der Waals surface area contributed by atoms with Crippen molar-refractivity contribution >= 4 is 27.3 Å². The molecule has 2 aromatic carbocycles. The third-order valence-electron chi connectivity index (χ3n) is 2.91. The highest BCUT2D eigenvalue weighted by atomic mass is 35.5. The second-order valence-electron chi connectivity index (χ2n) is 4.10. The van der Waals surface area contributed by atoms with Crippen LogP contribution >= 0.6 is 11.6 Å². The van der Waals surface area contributed by atoms with E-state index in [0.29, 0.717) is 16.5 Å². The van der Waals surface area contributed by atoms with E-state index in [1.54, 1.807) is 36.4 Å². The first-order chi connectivity index (χ1) is 9.46. The van der Waals surface area contributed by atoms with Crippen LogP contribution in [0.4, 0.5) is 5.69 Å². The van der Waals surface area contributed by atoms with Crippen LogP contribution in [0.3, 0.4) is 0 Å². The van der Waals surface area contributed by atoms with E-state index in [4.69, 9.17) is 16.3 Å². The molecule has 0 spiro atoms. The third kappa shape index (κ3) is 2.73. The second kappa shape index (κ2) is 5.73. The summed E-state index contributed by atoms with van der Waals surface area (Å²) in [5.74, 6) is 0.601. The molecule has 0 bridgehead atoms. The average Bonchev–Trinajstić information content (AvgIpc) is 2.47. The summed E-state index contributed by atoms with van der Waals surface area (Å²) in [7, 11) is -0.646. The fraction of sp³-hybridized carbons (Fsp3) is 0.143. The van der Waals surface area contributed by atoms with Gasteiger partial charge in [-0.2, -0.15) is 0 Å². The van der Waals surface area contributed by atoms with Gasteiger partial charge in [0, 0.05) is 7.05 Å². The normalized spacial score (nSPS) is 11.2. The highest BCUT2D eigenvalue weighted by molar-refractivity contribution is 7.92. The fourth-order valence-electron chi connectivity index (χ4n) is 1.74. The maximum absolute atomic E-state index is 12.5. The maximum atomic E-state index is 12.5. The number of ether oxygens (including phenoxy) is 1. The van der Waals surface area contributed by atoms with E-state index in [0.717, 1.165) is 4.31 Å². The van der Waals surface area contributed by atoms with Gasteiger partial charge in [-0.05, 0) is 36.4 Å². The molecule has 0 fully saturated rings. The van der Waals surface area contributed by atoms with Crippen molar-refractivity contribution in [1.82, 2.24) is 0 Å². The SMILES string of the molecule is COc1ccc(S(=O)(=O)N(C)c2ccccc2Cl)cc1. The van der Waals surface area contributed by atoms with Crippen molar-refractivity contribution in [3.63, 3.8) is 0 Å². The monoisotopic (exact) mass is 311 g/mol. The molecule has 0 aliphatic rings. The van der Waals surface area contributed by atoms with E-state index < -0.39 is 10.0 Å². The predicted octanol–water partition coefficient (Wildman–Crippen LogP) is 3.17. The molecular weight excluding hydrogens is 298 g/mol. The Labute approximate surface area is 123 Å². The molecule has 6 heteroatoms. The molecule has 0 saturated carbocycles. The molecule has 4 nitrogen and oxygen atoms in total. The molecule has 0 unspecified atom stereocenters. The zero-order valence-corrected chi connectivity index (χ0v) is 12.6. The number of nitrogens with zero attached hydrogens (tertiary/aromatic N) is 1. The van der Waals surface area contributed by atoms with Crippen molar-refractivity contribution in [2.45, 2.75) is 4.90 Å². The molecule has 0 heterocycles. The van der Waals surface area contributed by atoms with Gasteiger partial charge in [0.1, 0.15) is 5.75 Å². The Morgan fingerprint density at radius 2 is 1.65 bits per heavy atom. The van der Waals surface area contributed by atoms with Crippen LogP contribution in [-0.4, -0.2) is 22.6 Å². The minimum absolute atomic E-state index is 0.181. The number of methoxy groups -OCH3 is 1. The van der Waals surface area contributed by atoms with Gasteiger partial charge < -0.3 is 4.74 Å². The Morgan fingerprint density at radius 3 is 2.20 bits per heavy atom. The van der Waals surface area contributed by atoms with Crippen molar-refractivity contribution in [3.8, 4) is 5.75 Å². The summed E-state index contributed by atoms with van der Waals surface area (Å²) in [5, 5.41) is 0.382. The lowest BCUT2D eigenvalue weighted by Crippen LogP contribution is -2.26. The zero-order chi connectivity index (χ0) is 14.8. The van der Waals surface area contributed by atoms with Crippen molar-refractivity contribution < 1.29 is 13.2 Å². The number of sulfonamides is 1. The summed E-state index contributed by atoms with van der Waals surface area (Å²) in [4.78, 5) is 0.181. The molecule has 2 aromatic rings. The molecule has 0 radical (unpaired) electrons. The number of rotatable bonds is 4. The van der Waals surface area contributed by atoms with Crippen LogP contribution < -0.4 is 9.04 Å². The summed E-state index contributed by atoms with van der Waals surface area (Å²) < 4.78 is 31.2. The quantitative estimate of drug-likeness (QED) is 0.871. The molecule has 20 heavy (non-hydrogen) atoms. The Hall–Kier alpha value is -1.72. The number of halogens is 1. The van der Waals surface area contributed by atoms with Crippen LogP contribution in [0.2, 0.25) is 5.02 Å². The minimum Gasteiger partial charge on any atom is -0.497 e. The van der Waals surface area contributed by atoms with Gasteiger partial charge in [0.25, 0.3) is 10.0 Å². The number of benzene rings is 2. The molecule has 0 aliphatic heterocycles. The van der Waals surface area contributed by atoms with Gasteiger partial charge in [-0.3, -0.25) is 4.31 Å². The minimum atomic E-state index is -3.65. The van der Waals surface area contributed by atoms with Gasteiger partial charge in [0.15, 0.2) is 0 Å². The van der Waals surface area contributed by atoms with Gasteiger partial charge >= 0.3 is 0 Å². The molecule has 0 aromatic heterocycles. The fourth-order valence-corrected chi connectivity index (χ4v) is 3.27. The first-order valence-electron chi connectivity index (χ1n) is 5.84. The number of para-hydroxylation sites is 1. The van der Waals surface area contributed by atoms with E-state index in [9.17, 15) is 8.42 Å². The zero-order valence-electron chi connectivity index (χ0n) is 11.1. The molecular formula is C14H14ClNO3S. The van der Waals surface area contributed by atoms with Crippen LogP contribution in [-0.2, 0) is 10.0 Å². The average molecular weight is 312 g/mol. The van der Waals surface area contributed by atoms with Crippen molar-refractivity contribution in [1.29, 1.82) is 0 Å². The van der Waals surface area contributed by atoms with Crippen LogP contribution in [0.15, 0.2) is 53.4 Å². The van der Waals surface area contributed by atoms with Crippen LogP contribution in [0, 0.1) is 0 Å². The first-order valence-corrected chi connectivity index (χ1v) is 7.66. The number of anilines is 1. The lowest BCUT2D eigenvalue weighted by molar-refractivity contribution is 0.414. The summed E-state index contributed by atoms with van der Waals surface area (Å²) in [5.41, 5.74) is 0.435. The van der Waals surface area contributed by atoms with Crippen LogP contribution in [0.25, 0.3) is 0 Å². The standard InChI is InChI=1S/C14H14ClNO3S/c1-16(14-6-4-3-5-13(14)15)20(17,18)12-9-7-11(19-2)8-10-12/h3-10H,1-2H3. The molecule has 0 atom stereocenters. The third-order valence-corrected chi connectivity index (χ3v) is 5.01. The Balaban J connectivity index is 2.41. The summed E-state index contributed by atoms with van der Waals surface area (Å²) in [6, 6.07) is 13.0. The number of hydrogen-bond donors (Lipinski definition) is 0. The molecule has 0 saturated heterocycles. The topological polar surface area (TPSA) is 46.6 Å². The van der Waals surface area contributed by atoms with Gasteiger partial charge in [0.05, 0.1) is 22.7 Å². The molecule has 2 rings (SSSR count). The van der Waals surface area contributed by atoms with Gasteiger partial charge in [0.2, 0.25) is 0 Å². The summed E-state index contributed by atoms with van der Waals surface area (Å²) in [6.45, 7) is 0.